The number of alkyl halides is 3. The second kappa shape index (κ2) is 8.43. The SMILES string of the molecule is O=C(Nc1cccc(-c2ccnc3cc(-c4cccnc4)nn23)c1)c1cccc(C(F)(F)F)c1. The largest absolute Gasteiger partial charge is 0.416 e. The molecule has 6 nitrogen and oxygen atoms in total. The number of hydrogen-bond donors (Lipinski definition) is 1. The Hall–Kier alpha value is -4.53. The molecule has 34 heavy (non-hydrogen) atoms. The summed E-state index contributed by atoms with van der Waals surface area (Å²) in [7, 11) is 0. The maximum Gasteiger partial charge on any atom is 0.416 e. The summed E-state index contributed by atoms with van der Waals surface area (Å²) in [4.78, 5) is 21.1. The highest BCUT2D eigenvalue weighted by Gasteiger charge is 2.30. The minimum atomic E-state index is -4.53. The highest BCUT2D eigenvalue weighted by molar-refractivity contribution is 6.04. The Morgan fingerprint density at radius 1 is 0.882 bits per heavy atom. The van der Waals surface area contributed by atoms with Crippen LogP contribution in [0, 0.1) is 0 Å². The topological polar surface area (TPSA) is 72.2 Å². The van der Waals surface area contributed by atoms with Crippen LogP contribution in [0.3, 0.4) is 0 Å². The fourth-order valence-electron chi connectivity index (χ4n) is 3.57. The van der Waals surface area contributed by atoms with Gasteiger partial charge in [-0.2, -0.15) is 18.3 Å². The molecule has 0 aliphatic heterocycles. The summed E-state index contributed by atoms with van der Waals surface area (Å²) in [5.74, 6) is -0.638. The van der Waals surface area contributed by atoms with Gasteiger partial charge < -0.3 is 5.32 Å². The predicted octanol–water partition coefficient (Wildman–Crippen LogP) is 5.73. The van der Waals surface area contributed by atoms with Gasteiger partial charge in [0.25, 0.3) is 5.91 Å². The third-order valence-electron chi connectivity index (χ3n) is 5.18. The number of nitrogens with zero attached hydrogens (tertiary/aromatic N) is 4. The van der Waals surface area contributed by atoms with Crippen molar-refractivity contribution in [1.29, 1.82) is 0 Å². The van der Waals surface area contributed by atoms with Crippen LogP contribution in [0.15, 0.2) is 91.4 Å². The van der Waals surface area contributed by atoms with Gasteiger partial charge in [-0.05, 0) is 48.5 Å². The molecule has 0 aliphatic rings. The maximum atomic E-state index is 13.0. The fraction of sp³-hybridized carbons (Fsp3) is 0.0400. The van der Waals surface area contributed by atoms with Crippen molar-refractivity contribution in [1.82, 2.24) is 19.6 Å². The summed E-state index contributed by atoms with van der Waals surface area (Å²) in [5.41, 5.74) is 3.14. The normalized spacial score (nSPS) is 11.5. The van der Waals surface area contributed by atoms with E-state index >= 15 is 0 Å². The Morgan fingerprint density at radius 3 is 2.50 bits per heavy atom. The first-order valence-corrected chi connectivity index (χ1v) is 10.2. The van der Waals surface area contributed by atoms with E-state index in [0.29, 0.717) is 17.0 Å². The second-order valence-electron chi connectivity index (χ2n) is 7.48. The Bertz CT molecular complexity index is 1500. The molecule has 0 radical (unpaired) electrons. The van der Waals surface area contributed by atoms with Crippen molar-refractivity contribution in [3.63, 3.8) is 0 Å². The molecule has 0 atom stereocenters. The lowest BCUT2D eigenvalue weighted by atomic mass is 10.1. The standard InChI is InChI=1S/C25H16F3N5O/c26-25(27,28)19-7-1-5-17(12-19)24(34)31-20-8-2-4-16(13-20)22-9-11-30-23-14-21(32-33(22)23)18-6-3-10-29-15-18/h1-15H,(H,31,34). The van der Waals surface area contributed by atoms with Crippen molar-refractivity contribution in [2.45, 2.75) is 6.18 Å². The lowest BCUT2D eigenvalue weighted by Gasteiger charge is -2.11. The van der Waals surface area contributed by atoms with Gasteiger partial charge >= 0.3 is 6.18 Å². The van der Waals surface area contributed by atoms with Gasteiger partial charge in [-0.25, -0.2) is 9.50 Å². The molecule has 0 fully saturated rings. The molecule has 168 valence electrons. The van der Waals surface area contributed by atoms with Gasteiger partial charge in [0.15, 0.2) is 5.65 Å². The van der Waals surface area contributed by atoms with Crippen LogP contribution in [0.1, 0.15) is 15.9 Å². The third-order valence-corrected chi connectivity index (χ3v) is 5.18. The van der Waals surface area contributed by atoms with E-state index in [-0.39, 0.29) is 5.56 Å². The zero-order chi connectivity index (χ0) is 23.7. The van der Waals surface area contributed by atoms with Gasteiger partial charge in [-0.15, -0.1) is 0 Å². The summed E-state index contributed by atoms with van der Waals surface area (Å²) in [5, 5.41) is 7.32. The summed E-state index contributed by atoms with van der Waals surface area (Å²) in [6, 6.07) is 18.6. The predicted molar refractivity (Wildman–Crippen MR) is 121 cm³/mol. The molecule has 0 saturated carbocycles. The number of nitrogens with one attached hydrogen (secondary N) is 1. The first-order valence-electron chi connectivity index (χ1n) is 10.2. The molecule has 5 rings (SSSR count). The molecule has 0 spiro atoms. The van der Waals surface area contributed by atoms with E-state index in [1.54, 1.807) is 47.4 Å². The highest BCUT2D eigenvalue weighted by atomic mass is 19.4. The molecule has 0 aliphatic carbocycles. The van der Waals surface area contributed by atoms with Crippen molar-refractivity contribution in [2.24, 2.45) is 0 Å². The number of fused-ring (bicyclic) bond motifs is 1. The number of aromatic nitrogens is 4. The minimum Gasteiger partial charge on any atom is -0.322 e. The van der Waals surface area contributed by atoms with E-state index in [1.807, 2.05) is 24.3 Å². The Balaban J connectivity index is 1.46. The average molecular weight is 459 g/mol. The smallest absolute Gasteiger partial charge is 0.322 e. The Kier molecular flexibility index (Phi) is 5.29. The molecule has 9 heteroatoms. The molecular formula is C25H16F3N5O. The summed E-state index contributed by atoms with van der Waals surface area (Å²) < 4.78 is 40.7. The maximum absolute atomic E-state index is 13.0. The van der Waals surface area contributed by atoms with E-state index < -0.39 is 17.6 Å². The molecule has 2 aromatic carbocycles. The van der Waals surface area contributed by atoms with Crippen LogP contribution in [-0.2, 0) is 6.18 Å². The number of amides is 1. The number of anilines is 1. The number of carbonyl (C=O) groups is 1. The zero-order valence-electron chi connectivity index (χ0n) is 17.5. The van der Waals surface area contributed by atoms with Gasteiger partial charge in [0.2, 0.25) is 0 Å². The van der Waals surface area contributed by atoms with Crippen molar-refractivity contribution >= 4 is 17.2 Å². The van der Waals surface area contributed by atoms with E-state index in [1.165, 1.54) is 12.1 Å². The van der Waals surface area contributed by atoms with E-state index in [2.05, 4.69) is 20.4 Å². The van der Waals surface area contributed by atoms with Gasteiger partial charge in [-0.3, -0.25) is 9.78 Å². The van der Waals surface area contributed by atoms with Crippen LogP contribution < -0.4 is 5.32 Å². The number of carbonyl (C=O) groups excluding carboxylic acids is 1. The molecular weight excluding hydrogens is 443 g/mol. The van der Waals surface area contributed by atoms with Gasteiger partial charge in [-0.1, -0.05) is 18.2 Å². The molecule has 0 unspecified atom stereocenters. The number of benzene rings is 2. The second-order valence-corrected chi connectivity index (χ2v) is 7.48. The number of halogens is 3. The molecule has 3 aromatic heterocycles. The van der Waals surface area contributed by atoms with Gasteiger partial charge in [0.05, 0.1) is 17.0 Å². The van der Waals surface area contributed by atoms with Crippen molar-refractivity contribution in [2.75, 3.05) is 5.32 Å². The lowest BCUT2D eigenvalue weighted by Crippen LogP contribution is -2.14. The van der Waals surface area contributed by atoms with Crippen LogP contribution in [0.5, 0.6) is 0 Å². The molecule has 5 aromatic rings. The number of hydrogen-bond acceptors (Lipinski definition) is 4. The number of rotatable bonds is 4. The van der Waals surface area contributed by atoms with Crippen molar-refractivity contribution in [3.05, 3.63) is 103 Å². The number of pyridine rings is 1. The summed E-state index contributed by atoms with van der Waals surface area (Å²) in [6.07, 6.45) is 0.530. The van der Waals surface area contributed by atoms with Crippen molar-refractivity contribution < 1.29 is 18.0 Å². The van der Waals surface area contributed by atoms with Crippen LogP contribution >= 0.6 is 0 Å². The minimum absolute atomic E-state index is 0.0836. The van der Waals surface area contributed by atoms with Crippen molar-refractivity contribution in [3.8, 4) is 22.5 Å². The molecule has 1 N–H and O–H groups in total. The quantitative estimate of drug-likeness (QED) is 0.373. The summed E-state index contributed by atoms with van der Waals surface area (Å²) in [6.45, 7) is 0. The van der Waals surface area contributed by atoms with Crippen LogP contribution in [-0.4, -0.2) is 25.5 Å². The molecule has 3 heterocycles. The van der Waals surface area contributed by atoms with Gasteiger partial charge in [0, 0.05) is 47.0 Å². The Labute approximate surface area is 191 Å². The molecule has 1 amide bonds. The first-order chi connectivity index (χ1) is 16.4. The zero-order valence-corrected chi connectivity index (χ0v) is 17.5. The van der Waals surface area contributed by atoms with Gasteiger partial charge in [0.1, 0.15) is 0 Å². The third kappa shape index (κ3) is 4.23. The highest BCUT2D eigenvalue weighted by Crippen LogP contribution is 2.30. The van der Waals surface area contributed by atoms with Crippen LogP contribution in [0.25, 0.3) is 28.2 Å². The lowest BCUT2D eigenvalue weighted by molar-refractivity contribution is -0.137. The monoisotopic (exact) mass is 459 g/mol. The fourth-order valence-corrected chi connectivity index (χ4v) is 3.57. The average Bonchev–Trinajstić information content (AvgIpc) is 3.29. The van der Waals surface area contributed by atoms with Crippen LogP contribution in [0.4, 0.5) is 18.9 Å². The first kappa shape index (κ1) is 21.3. The Morgan fingerprint density at radius 2 is 1.71 bits per heavy atom. The van der Waals surface area contributed by atoms with E-state index in [9.17, 15) is 18.0 Å². The van der Waals surface area contributed by atoms with E-state index in [0.717, 1.165) is 29.0 Å². The van der Waals surface area contributed by atoms with Crippen LogP contribution in [0.2, 0.25) is 0 Å². The molecule has 0 bridgehead atoms. The van der Waals surface area contributed by atoms with E-state index in [4.69, 9.17) is 0 Å². The molecule has 0 saturated heterocycles. The summed E-state index contributed by atoms with van der Waals surface area (Å²) >= 11 is 0.